The first-order valence-corrected chi connectivity index (χ1v) is 6.74. The van der Waals surface area contributed by atoms with E-state index in [0.717, 1.165) is 11.3 Å². The monoisotopic (exact) mass is 275 g/mol. The van der Waals surface area contributed by atoms with Gasteiger partial charge in [-0.25, -0.2) is 0 Å². The Morgan fingerprint density at radius 3 is 3.15 bits per heavy atom. The van der Waals surface area contributed by atoms with E-state index < -0.39 is 0 Å². The number of hydrogen-bond donors (Lipinski definition) is 2. The van der Waals surface area contributed by atoms with E-state index in [1.54, 1.807) is 0 Å². The second-order valence-corrected chi connectivity index (χ2v) is 4.77. The molecule has 1 fully saturated rings. The molecular weight excluding hydrogens is 258 g/mol. The van der Waals surface area contributed by atoms with Crippen molar-refractivity contribution in [2.24, 2.45) is 0 Å². The number of aliphatic hydroxyl groups is 1. The van der Waals surface area contributed by atoms with Gasteiger partial charge in [0, 0.05) is 12.1 Å². The summed E-state index contributed by atoms with van der Waals surface area (Å²) in [6, 6.07) is 7.52. The van der Waals surface area contributed by atoms with Crippen molar-refractivity contribution in [1.82, 2.24) is 15.5 Å². The van der Waals surface area contributed by atoms with Gasteiger partial charge in [-0.2, -0.15) is 4.98 Å². The molecule has 1 aliphatic heterocycles. The molecule has 6 heteroatoms. The first kappa shape index (κ1) is 13.1. The third-order valence-corrected chi connectivity index (χ3v) is 3.25. The van der Waals surface area contributed by atoms with E-state index in [-0.39, 0.29) is 12.1 Å². The first-order valence-electron chi connectivity index (χ1n) is 6.74. The highest BCUT2D eigenvalue weighted by molar-refractivity contribution is 5.56. The maximum absolute atomic E-state index is 9.51. The van der Waals surface area contributed by atoms with Gasteiger partial charge in [-0.1, -0.05) is 17.3 Å². The Bertz CT molecular complexity index is 585. The van der Waals surface area contributed by atoms with Crippen molar-refractivity contribution in [1.29, 1.82) is 0 Å². The molecule has 2 aromatic rings. The highest BCUT2D eigenvalue weighted by atomic mass is 16.5. The molecule has 1 unspecified atom stereocenters. The molecular formula is C14H17N3O3. The standard InChI is InChI=1S/C14H17N3O3/c1-2-19-11-5-3-4-9(6-11)13-16-14(20-17-13)12-7-10(18)8-15-12/h3-6,10,12,15,18H,2,7-8H2,1H3/t10?,12-/m0/s1. The highest BCUT2D eigenvalue weighted by Crippen LogP contribution is 2.26. The van der Waals surface area contributed by atoms with Crippen LogP contribution < -0.4 is 10.1 Å². The van der Waals surface area contributed by atoms with Gasteiger partial charge < -0.3 is 19.7 Å². The molecule has 1 aromatic carbocycles. The second kappa shape index (κ2) is 5.60. The maximum atomic E-state index is 9.51. The van der Waals surface area contributed by atoms with E-state index in [1.807, 2.05) is 31.2 Å². The maximum Gasteiger partial charge on any atom is 0.244 e. The zero-order chi connectivity index (χ0) is 13.9. The van der Waals surface area contributed by atoms with Gasteiger partial charge in [0.1, 0.15) is 5.75 Å². The summed E-state index contributed by atoms with van der Waals surface area (Å²) < 4.78 is 10.7. The van der Waals surface area contributed by atoms with Crippen LogP contribution in [0.2, 0.25) is 0 Å². The molecule has 0 saturated carbocycles. The number of benzene rings is 1. The van der Waals surface area contributed by atoms with Crippen LogP contribution in [-0.2, 0) is 0 Å². The van der Waals surface area contributed by atoms with Crippen molar-refractivity contribution >= 4 is 0 Å². The van der Waals surface area contributed by atoms with Gasteiger partial charge in [-0.05, 0) is 25.5 Å². The average Bonchev–Trinajstić information content (AvgIpc) is 3.08. The number of nitrogens with one attached hydrogen (secondary N) is 1. The van der Waals surface area contributed by atoms with Crippen LogP contribution in [0.15, 0.2) is 28.8 Å². The lowest BCUT2D eigenvalue weighted by Crippen LogP contribution is -2.15. The second-order valence-electron chi connectivity index (χ2n) is 4.77. The summed E-state index contributed by atoms with van der Waals surface area (Å²) in [5.41, 5.74) is 0.851. The molecule has 1 saturated heterocycles. The van der Waals surface area contributed by atoms with Crippen molar-refractivity contribution in [2.75, 3.05) is 13.2 Å². The Morgan fingerprint density at radius 2 is 2.40 bits per heavy atom. The van der Waals surface area contributed by atoms with E-state index in [1.165, 1.54) is 0 Å². The van der Waals surface area contributed by atoms with Crippen LogP contribution in [0.25, 0.3) is 11.4 Å². The predicted octanol–water partition coefficient (Wildman–Crippen LogP) is 1.53. The Labute approximate surface area is 116 Å². The van der Waals surface area contributed by atoms with E-state index >= 15 is 0 Å². The summed E-state index contributed by atoms with van der Waals surface area (Å²) in [6.45, 7) is 3.11. The lowest BCUT2D eigenvalue weighted by atomic mass is 10.2. The SMILES string of the molecule is CCOc1cccc(-c2noc([C@@H]3CC(O)CN3)n2)c1. The van der Waals surface area contributed by atoms with E-state index in [0.29, 0.717) is 31.3 Å². The topological polar surface area (TPSA) is 80.4 Å². The van der Waals surface area contributed by atoms with Crippen molar-refractivity contribution in [3.63, 3.8) is 0 Å². The first-order chi connectivity index (χ1) is 9.76. The fraction of sp³-hybridized carbons (Fsp3) is 0.429. The number of aromatic nitrogens is 2. The van der Waals surface area contributed by atoms with Crippen molar-refractivity contribution in [3.05, 3.63) is 30.2 Å². The molecule has 0 spiro atoms. The molecule has 20 heavy (non-hydrogen) atoms. The quantitative estimate of drug-likeness (QED) is 0.880. The van der Waals surface area contributed by atoms with Crippen LogP contribution in [0.5, 0.6) is 5.75 Å². The van der Waals surface area contributed by atoms with Gasteiger partial charge in [0.15, 0.2) is 0 Å². The number of β-amino-alcohol motifs (C(OH)–C–C–N with tert-alkyl or cyclic N) is 1. The van der Waals surface area contributed by atoms with Gasteiger partial charge in [0.05, 0.1) is 18.8 Å². The van der Waals surface area contributed by atoms with Crippen LogP contribution in [-0.4, -0.2) is 34.5 Å². The number of aliphatic hydroxyl groups excluding tert-OH is 1. The third-order valence-electron chi connectivity index (χ3n) is 3.25. The molecule has 0 amide bonds. The Hall–Kier alpha value is -1.92. The van der Waals surface area contributed by atoms with Gasteiger partial charge in [0.25, 0.3) is 0 Å². The molecule has 2 atom stereocenters. The van der Waals surface area contributed by atoms with Gasteiger partial charge in [-0.15, -0.1) is 0 Å². The zero-order valence-electron chi connectivity index (χ0n) is 11.2. The minimum Gasteiger partial charge on any atom is -0.494 e. The molecule has 0 radical (unpaired) electrons. The third kappa shape index (κ3) is 2.66. The number of nitrogens with zero attached hydrogens (tertiary/aromatic N) is 2. The smallest absolute Gasteiger partial charge is 0.244 e. The van der Waals surface area contributed by atoms with Crippen molar-refractivity contribution in [2.45, 2.75) is 25.5 Å². The number of hydrogen-bond acceptors (Lipinski definition) is 6. The lowest BCUT2D eigenvalue weighted by molar-refractivity contribution is 0.191. The minimum absolute atomic E-state index is 0.0682. The predicted molar refractivity (Wildman–Crippen MR) is 72.3 cm³/mol. The molecule has 106 valence electrons. The fourth-order valence-corrected chi connectivity index (χ4v) is 2.29. The molecule has 6 nitrogen and oxygen atoms in total. The Balaban J connectivity index is 1.81. The zero-order valence-corrected chi connectivity index (χ0v) is 11.2. The molecule has 0 bridgehead atoms. The number of rotatable bonds is 4. The Morgan fingerprint density at radius 1 is 1.50 bits per heavy atom. The normalized spacial score (nSPS) is 22.1. The fourth-order valence-electron chi connectivity index (χ4n) is 2.29. The average molecular weight is 275 g/mol. The van der Waals surface area contributed by atoms with Crippen LogP contribution in [0.1, 0.15) is 25.3 Å². The molecule has 1 aliphatic rings. The molecule has 2 heterocycles. The summed E-state index contributed by atoms with van der Waals surface area (Å²) in [4.78, 5) is 4.39. The minimum atomic E-state index is -0.350. The molecule has 0 aliphatic carbocycles. The Kier molecular flexibility index (Phi) is 3.66. The highest BCUT2D eigenvalue weighted by Gasteiger charge is 2.28. The molecule has 3 rings (SSSR count). The van der Waals surface area contributed by atoms with Crippen LogP contribution in [0, 0.1) is 0 Å². The van der Waals surface area contributed by atoms with E-state index in [9.17, 15) is 5.11 Å². The summed E-state index contributed by atoms with van der Waals surface area (Å²) in [7, 11) is 0. The van der Waals surface area contributed by atoms with E-state index in [2.05, 4.69) is 15.5 Å². The summed E-state index contributed by atoms with van der Waals surface area (Å²) >= 11 is 0. The van der Waals surface area contributed by atoms with E-state index in [4.69, 9.17) is 9.26 Å². The van der Waals surface area contributed by atoms with Crippen molar-refractivity contribution < 1.29 is 14.4 Å². The molecule has 2 N–H and O–H groups in total. The van der Waals surface area contributed by atoms with Crippen LogP contribution in [0.4, 0.5) is 0 Å². The summed E-state index contributed by atoms with van der Waals surface area (Å²) in [5.74, 6) is 1.83. The van der Waals surface area contributed by atoms with Crippen LogP contribution >= 0.6 is 0 Å². The van der Waals surface area contributed by atoms with Crippen LogP contribution in [0.3, 0.4) is 0 Å². The summed E-state index contributed by atoms with van der Waals surface area (Å²) in [6.07, 6.45) is 0.247. The molecule has 1 aromatic heterocycles. The lowest BCUT2D eigenvalue weighted by Gasteiger charge is -2.03. The largest absolute Gasteiger partial charge is 0.494 e. The van der Waals surface area contributed by atoms with Gasteiger partial charge in [0.2, 0.25) is 11.7 Å². The number of ether oxygens (including phenoxy) is 1. The summed E-state index contributed by atoms with van der Waals surface area (Å²) in [5, 5.41) is 16.7. The van der Waals surface area contributed by atoms with Gasteiger partial charge in [-0.3, -0.25) is 0 Å². The van der Waals surface area contributed by atoms with Gasteiger partial charge >= 0.3 is 0 Å². The van der Waals surface area contributed by atoms with Crippen molar-refractivity contribution in [3.8, 4) is 17.1 Å².